The van der Waals surface area contributed by atoms with E-state index in [0.717, 1.165) is 5.56 Å². The van der Waals surface area contributed by atoms with Crippen LogP contribution in [0.1, 0.15) is 32.4 Å². The molecule has 2 unspecified atom stereocenters. The molecule has 0 radical (unpaired) electrons. The molecule has 100 valence electrons. The van der Waals surface area contributed by atoms with Crippen LogP contribution in [0.25, 0.3) is 0 Å². The van der Waals surface area contributed by atoms with Crippen LogP contribution in [0.3, 0.4) is 0 Å². The van der Waals surface area contributed by atoms with Gasteiger partial charge in [-0.1, -0.05) is 46.9 Å². The van der Waals surface area contributed by atoms with Crippen molar-refractivity contribution < 1.29 is 4.21 Å². The van der Waals surface area contributed by atoms with Crippen molar-refractivity contribution >= 4 is 45.8 Å². The molecule has 2 nitrogen and oxygen atoms in total. The number of alkyl halides is 2. The van der Waals surface area contributed by atoms with Crippen LogP contribution < -0.4 is 0 Å². The summed E-state index contributed by atoms with van der Waals surface area (Å²) in [4.78, 5) is 0. The van der Waals surface area contributed by atoms with Crippen molar-refractivity contribution in [3.63, 3.8) is 0 Å². The fraction of sp³-hybridized carbons (Fsp3) is 0.500. The van der Waals surface area contributed by atoms with Gasteiger partial charge in [0.25, 0.3) is 0 Å². The number of halogens is 3. The van der Waals surface area contributed by atoms with E-state index in [1.54, 1.807) is 16.4 Å². The summed E-state index contributed by atoms with van der Waals surface area (Å²) in [5.74, 6) is 0. The predicted octanol–water partition coefficient (Wildman–Crippen LogP) is 4.29. The molecule has 1 aliphatic heterocycles. The highest BCUT2D eigenvalue weighted by molar-refractivity contribution is 7.84. The summed E-state index contributed by atoms with van der Waals surface area (Å²) in [6.07, 6.45) is 0. The Bertz CT molecular complexity index is 481. The average Bonchev–Trinajstić information content (AvgIpc) is 2.80. The smallest absolute Gasteiger partial charge is 0.203 e. The highest BCUT2D eigenvalue weighted by atomic mass is 35.5. The van der Waals surface area contributed by atoms with E-state index >= 15 is 0 Å². The van der Waals surface area contributed by atoms with Crippen LogP contribution in [0.15, 0.2) is 24.3 Å². The van der Waals surface area contributed by atoms with Gasteiger partial charge in [0.15, 0.2) is 0 Å². The molecule has 6 heteroatoms. The third kappa shape index (κ3) is 2.56. The number of hydrogen-bond donors (Lipinski definition) is 0. The topological polar surface area (TPSA) is 20.1 Å². The molecule has 1 fully saturated rings. The summed E-state index contributed by atoms with van der Waals surface area (Å²) in [6.45, 7) is 5.68. The van der Waals surface area contributed by atoms with Gasteiger partial charge in [-0.05, 0) is 38.5 Å². The Morgan fingerprint density at radius 2 is 1.72 bits per heavy atom. The molecular weight excluding hydrogens is 313 g/mol. The molecule has 2 rings (SSSR count). The second kappa shape index (κ2) is 4.64. The highest BCUT2D eigenvalue weighted by Gasteiger charge is 2.66. The van der Waals surface area contributed by atoms with Crippen LogP contribution in [0.5, 0.6) is 0 Å². The molecule has 1 aromatic carbocycles. The van der Waals surface area contributed by atoms with E-state index in [2.05, 4.69) is 0 Å². The van der Waals surface area contributed by atoms with Crippen molar-refractivity contribution in [2.24, 2.45) is 0 Å². The van der Waals surface area contributed by atoms with Crippen molar-refractivity contribution in [2.45, 2.75) is 36.0 Å². The Morgan fingerprint density at radius 3 is 2.17 bits per heavy atom. The zero-order chi connectivity index (χ0) is 13.7. The van der Waals surface area contributed by atoms with Crippen LogP contribution in [0, 0.1) is 0 Å². The first-order valence-corrected chi connectivity index (χ1v) is 7.74. The lowest BCUT2D eigenvalue weighted by Gasteiger charge is -2.18. The Kier molecular flexibility index (Phi) is 3.76. The standard InChI is InChI=1S/C12H14Cl3NOS/c1-11(2,3)18(17)16-10(12(16,14)15)8-4-6-9(13)7-5-8/h4-7,10H,1-3H3/t10-,16?,18?/m0/s1. The molecule has 0 N–H and O–H groups in total. The lowest BCUT2D eigenvalue weighted by molar-refractivity contribution is 0.603. The number of hydrogen-bond acceptors (Lipinski definition) is 1. The van der Waals surface area contributed by atoms with Crippen LogP contribution in [0.4, 0.5) is 0 Å². The quantitative estimate of drug-likeness (QED) is 0.451. The van der Waals surface area contributed by atoms with Crippen molar-refractivity contribution in [1.82, 2.24) is 4.31 Å². The average molecular weight is 327 g/mol. The van der Waals surface area contributed by atoms with E-state index in [9.17, 15) is 4.21 Å². The van der Waals surface area contributed by atoms with E-state index in [1.165, 1.54) is 0 Å². The summed E-state index contributed by atoms with van der Waals surface area (Å²) in [5, 5.41) is 0.651. The van der Waals surface area contributed by atoms with Crippen molar-refractivity contribution in [2.75, 3.05) is 0 Å². The first kappa shape index (κ1) is 14.6. The maximum absolute atomic E-state index is 12.3. The Morgan fingerprint density at radius 1 is 1.22 bits per heavy atom. The molecule has 1 aromatic rings. The fourth-order valence-electron chi connectivity index (χ4n) is 1.71. The van der Waals surface area contributed by atoms with E-state index in [0.29, 0.717) is 5.02 Å². The first-order chi connectivity index (χ1) is 8.15. The Labute approximate surface area is 125 Å². The minimum atomic E-state index is -1.25. The molecule has 0 aliphatic carbocycles. The summed E-state index contributed by atoms with van der Waals surface area (Å²) in [6, 6.07) is 7.01. The van der Waals surface area contributed by atoms with E-state index in [4.69, 9.17) is 34.8 Å². The van der Waals surface area contributed by atoms with Gasteiger partial charge < -0.3 is 0 Å². The molecule has 0 aromatic heterocycles. The Hall–Kier alpha value is 0.200. The van der Waals surface area contributed by atoms with E-state index in [-0.39, 0.29) is 6.04 Å². The molecule has 1 saturated heterocycles. The van der Waals surface area contributed by atoms with Gasteiger partial charge in [0.2, 0.25) is 4.46 Å². The van der Waals surface area contributed by atoms with Gasteiger partial charge in [-0.2, -0.15) is 4.31 Å². The SMILES string of the molecule is CC(C)(C)S(=O)N1[C@@H](c2ccc(Cl)cc2)C1(Cl)Cl. The lowest BCUT2D eigenvalue weighted by Crippen LogP contribution is -2.28. The minimum Gasteiger partial charge on any atom is -0.242 e. The maximum Gasteiger partial charge on any atom is 0.203 e. The van der Waals surface area contributed by atoms with Crippen molar-refractivity contribution in [3.05, 3.63) is 34.9 Å². The van der Waals surface area contributed by atoms with Crippen LogP contribution in [-0.4, -0.2) is 17.7 Å². The molecule has 1 aliphatic rings. The second-order valence-electron chi connectivity index (χ2n) is 5.23. The fourth-order valence-corrected chi connectivity index (χ4v) is 4.20. The third-order valence-electron chi connectivity index (χ3n) is 2.68. The summed E-state index contributed by atoms with van der Waals surface area (Å²) < 4.78 is 12.4. The van der Waals surface area contributed by atoms with Gasteiger partial charge >= 0.3 is 0 Å². The maximum atomic E-state index is 12.3. The molecule has 0 spiro atoms. The summed E-state index contributed by atoms with van der Waals surface area (Å²) >= 11 is 18.3. The highest BCUT2D eigenvalue weighted by Crippen LogP contribution is 2.61. The van der Waals surface area contributed by atoms with Gasteiger partial charge in [0.1, 0.15) is 11.0 Å². The monoisotopic (exact) mass is 325 g/mol. The number of nitrogens with zero attached hydrogens (tertiary/aromatic N) is 1. The molecular formula is C12H14Cl3NOS. The molecule has 18 heavy (non-hydrogen) atoms. The molecule has 3 atom stereocenters. The molecule has 1 heterocycles. The summed E-state index contributed by atoms with van der Waals surface area (Å²) in [7, 11) is -1.25. The minimum absolute atomic E-state index is 0.252. The van der Waals surface area contributed by atoms with Gasteiger partial charge in [-0.25, -0.2) is 4.21 Å². The van der Waals surface area contributed by atoms with Crippen molar-refractivity contribution in [3.8, 4) is 0 Å². The molecule has 0 saturated carbocycles. The van der Waals surface area contributed by atoms with E-state index < -0.39 is 20.2 Å². The van der Waals surface area contributed by atoms with Gasteiger partial charge in [-0.15, -0.1) is 0 Å². The van der Waals surface area contributed by atoms with Crippen LogP contribution in [0.2, 0.25) is 5.02 Å². The van der Waals surface area contributed by atoms with Crippen LogP contribution in [-0.2, 0) is 11.0 Å². The lowest BCUT2D eigenvalue weighted by atomic mass is 10.2. The predicted molar refractivity (Wildman–Crippen MR) is 78.4 cm³/mol. The molecule has 0 amide bonds. The van der Waals surface area contributed by atoms with E-state index in [1.807, 2.05) is 32.9 Å². The zero-order valence-electron chi connectivity index (χ0n) is 10.3. The number of benzene rings is 1. The van der Waals surface area contributed by atoms with Gasteiger partial charge in [-0.3, -0.25) is 0 Å². The third-order valence-corrected chi connectivity index (χ3v) is 5.81. The summed E-state index contributed by atoms with van der Waals surface area (Å²) in [5.41, 5.74) is 0.919. The number of rotatable bonds is 2. The Balaban J connectivity index is 2.26. The normalized spacial score (nSPS) is 27.9. The zero-order valence-corrected chi connectivity index (χ0v) is 13.4. The molecule has 0 bridgehead atoms. The first-order valence-electron chi connectivity index (χ1n) is 5.50. The van der Waals surface area contributed by atoms with Gasteiger partial charge in [0, 0.05) is 5.02 Å². The second-order valence-corrected chi connectivity index (χ2v) is 9.13. The largest absolute Gasteiger partial charge is 0.242 e. The van der Waals surface area contributed by atoms with Crippen LogP contribution >= 0.6 is 34.8 Å². The van der Waals surface area contributed by atoms with Gasteiger partial charge in [0.05, 0.1) is 10.8 Å². The van der Waals surface area contributed by atoms with Crippen molar-refractivity contribution in [1.29, 1.82) is 0 Å².